The van der Waals surface area contributed by atoms with Gasteiger partial charge in [0.25, 0.3) is 0 Å². The molecule has 2 heterocycles. The molecule has 21 heavy (non-hydrogen) atoms. The molecule has 0 fully saturated rings. The SMILES string of the molecule is O=[N+]([O-])c1ncccc1Oc1ncnc2ccc(F)cc12. The Bertz CT molecular complexity index is 841. The lowest BCUT2D eigenvalue weighted by Crippen LogP contribution is -1.98. The number of nitrogens with zero attached hydrogens (tertiary/aromatic N) is 4. The van der Waals surface area contributed by atoms with Gasteiger partial charge in [-0.15, -0.1) is 0 Å². The van der Waals surface area contributed by atoms with Crippen molar-refractivity contribution >= 4 is 16.7 Å². The van der Waals surface area contributed by atoms with Crippen LogP contribution >= 0.6 is 0 Å². The van der Waals surface area contributed by atoms with E-state index in [1.165, 1.54) is 42.9 Å². The van der Waals surface area contributed by atoms with Gasteiger partial charge in [-0.05, 0) is 40.2 Å². The molecule has 3 aromatic rings. The molecule has 0 saturated heterocycles. The number of halogens is 1. The first kappa shape index (κ1) is 12.9. The molecular weight excluding hydrogens is 279 g/mol. The van der Waals surface area contributed by atoms with Crippen LogP contribution in [0.5, 0.6) is 11.6 Å². The third-order valence-corrected chi connectivity index (χ3v) is 2.69. The molecule has 0 saturated carbocycles. The summed E-state index contributed by atoms with van der Waals surface area (Å²) in [6, 6.07) is 6.81. The second kappa shape index (κ2) is 5.08. The van der Waals surface area contributed by atoms with Crippen LogP contribution < -0.4 is 4.74 Å². The summed E-state index contributed by atoms with van der Waals surface area (Å²) in [6.07, 6.45) is 2.51. The second-order valence-corrected chi connectivity index (χ2v) is 4.02. The van der Waals surface area contributed by atoms with E-state index in [2.05, 4.69) is 15.0 Å². The molecule has 0 unspecified atom stereocenters. The monoisotopic (exact) mass is 286 g/mol. The fourth-order valence-corrected chi connectivity index (χ4v) is 1.79. The molecule has 0 atom stereocenters. The van der Waals surface area contributed by atoms with E-state index in [1.807, 2.05) is 0 Å². The van der Waals surface area contributed by atoms with Crippen LogP contribution in [-0.2, 0) is 0 Å². The van der Waals surface area contributed by atoms with Gasteiger partial charge in [0.15, 0.2) is 0 Å². The maximum absolute atomic E-state index is 13.3. The number of pyridine rings is 1. The average Bonchev–Trinajstić information content (AvgIpc) is 2.48. The lowest BCUT2D eigenvalue weighted by molar-refractivity contribution is -0.390. The molecule has 0 amide bonds. The minimum absolute atomic E-state index is 0.0237. The van der Waals surface area contributed by atoms with Crippen molar-refractivity contribution in [2.45, 2.75) is 0 Å². The minimum Gasteiger partial charge on any atom is -0.429 e. The predicted octanol–water partition coefficient (Wildman–Crippen LogP) is 2.86. The van der Waals surface area contributed by atoms with Crippen LogP contribution in [0.25, 0.3) is 10.9 Å². The normalized spacial score (nSPS) is 10.5. The third-order valence-electron chi connectivity index (χ3n) is 2.69. The first-order valence-electron chi connectivity index (χ1n) is 5.82. The summed E-state index contributed by atoms with van der Waals surface area (Å²) in [5.74, 6) is -0.981. The Morgan fingerprint density at radius 1 is 1.19 bits per heavy atom. The predicted molar refractivity (Wildman–Crippen MR) is 70.5 cm³/mol. The summed E-state index contributed by atoms with van der Waals surface area (Å²) in [6.45, 7) is 0. The minimum atomic E-state index is -0.667. The molecule has 0 bridgehead atoms. The van der Waals surface area contributed by atoms with Gasteiger partial charge < -0.3 is 14.9 Å². The zero-order valence-corrected chi connectivity index (χ0v) is 10.4. The van der Waals surface area contributed by atoms with Crippen LogP contribution in [0.4, 0.5) is 10.2 Å². The number of benzene rings is 1. The Balaban J connectivity index is 2.11. The summed E-state index contributed by atoms with van der Waals surface area (Å²) in [5, 5.41) is 11.2. The highest BCUT2D eigenvalue weighted by molar-refractivity contribution is 5.83. The van der Waals surface area contributed by atoms with Gasteiger partial charge in [-0.2, -0.15) is 0 Å². The van der Waals surface area contributed by atoms with E-state index in [4.69, 9.17) is 4.74 Å². The Kier molecular flexibility index (Phi) is 3.11. The van der Waals surface area contributed by atoms with Gasteiger partial charge in [-0.3, -0.25) is 0 Å². The second-order valence-electron chi connectivity index (χ2n) is 4.02. The number of fused-ring (bicyclic) bond motifs is 1. The quantitative estimate of drug-likeness (QED) is 0.543. The summed E-state index contributed by atoms with van der Waals surface area (Å²) >= 11 is 0. The van der Waals surface area contributed by atoms with Gasteiger partial charge in [0.2, 0.25) is 11.6 Å². The molecular formula is C13H7FN4O3. The fourth-order valence-electron chi connectivity index (χ4n) is 1.79. The number of nitro groups is 1. The van der Waals surface area contributed by atoms with Gasteiger partial charge >= 0.3 is 5.82 Å². The van der Waals surface area contributed by atoms with Gasteiger partial charge in [-0.1, -0.05) is 0 Å². The summed E-state index contributed by atoms with van der Waals surface area (Å²) in [5.41, 5.74) is 0.466. The highest BCUT2D eigenvalue weighted by Crippen LogP contribution is 2.31. The Morgan fingerprint density at radius 3 is 2.86 bits per heavy atom. The number of ether oxygens (including phenoxy) is 1. The number of hydrogen-bond donors (Lipinski definition) is 0. The fraction of sp³-hybridized carbons (Fsp3) is 0. The number of aromatic nitrogens is 3. The van der Waals surface area contributed by atoms with Crippen molar-refractivity contribution in [3.05, 3.63) is 58.8 Å². The first-order chi connectivity index (χ1) is 10.1. The van der Waals surface area contributed by atoms with Crippen LogP contribution in [0.2, 0.25) is 0 Å². The molecule has 2 aromatic heterocycles. The Labute approximate surface area is 117 Å². The molecule has 104 valence electrons. The van der Waals surface area contributed by atoms with Crippen LogP contribution in [0.3, 0.4) is 0 Å². The molecule has 8 heteroatoms. The molecule has 0 aliphatic carbocycles. The highest BCUT2D eigenvalue weighted by Gasteiger charge is 2.18. The van der Waals surface area contributed by atoms with E-state index in [0.29, 0.717) is 10.9 Å². The van der Waals surface area contributed by atoms with Crippen molar-refractivity contribution in [1.29, 1.82) is 0 Å². The molecule has 0 aliphatic heterocycles. The first-order valence-corrected chi connectivity index (χ1v) is 5.82. The van der Waals surface area contributed by atoms with Crippen molar-refractivity contribution in [1.82, 2.24) is 15.0 Å². The van der Waals surface area contributed by atoms with Crippen LogP contribution in [0.15, 0.2) is 42.9 Å². The zero-order valence-electron chi connectivity index (χ0n) is 10.4. The van der Waals surface area contributed by atoms with Gasteiger partial charge in [0, 0.05) is 0 Å². The van der Waals surface area contributed by atoms with E-state index in [9.17, 15) is 14.5 Å². The van der Waals surface area contributed by atoms with E-state index >= 15 is 0 Å². The van der Waals surface area contributed by atoms with Crippen LogP contribution in [0.1, 0.15) is 0 Å². The van der Waals surface area contributed by atoms with Crippen molar-refractivity contribution in [2.75, 3.05) is 0 Å². The van der Waals surface area contributed by atoms with Crippen molar-refractivity contribution in [3.63, 3.8) is 0 Å². The number of rotatable bonds is 3. The van der Waals surface area contributed by atoms with E-state index in [-0.39, 0.29) is 11.6 Å². The van der Waals surface area contributed by atoms with Gasteiger partial charge in [0.1, 0.15) is 18.3 Å². The summed E-state index contributed by atoms with van der Waals surface area (Å²) in [4.78, 5) is 21.7. The van der Waals surface area contributed by atoms with E-state index in [1.54, 1.807) is 0 Å². The largest absolute Gasteiger partial charge is 0.429 e. The maximum atomic E-state index is 13.3. The van der Waals surface area contributed by atoms with Gasteiger partial charge in [0.05, 0.1) is 10.9 Å². The maximum Gasteiger partial charge on any atom is 0.406 e. The van der Waals surface area contributed by atoms with E-state index in [0.717, 1.165) is 0 Å². The van der Waals surface area contributed by atoms with Crippen LogP contribution in [-0.4, -0.2) is 19.9 Å². The molecule has 0 spiro atoms. The Morgan fingerprint density at radius 2 is 2.05 bits per heavy atom. The summed E-state index contributed by atoms with van der Waals surface area (Å²) < 4.78 is 18.7. The molecule has 0 aliphatic rings. The van der Waals surface area contributed by atoms with Crippen LogP contribution in [0, 0.1) is 15.9 Å². The summed E-state index contributed by atoms with van der Waals surface area (Å²) in [7, 11) is 0. The smallest absolute Gasteiger partial charge is 0.406 e. The molecule has 0 N–H and O–H groups in total. The van der Waals surface area contributed by atoms with Crippen molar-refractivity contribution in [3.8, 4) is 11.6 Å². The third kappa shape index (κ3) is 2.46. The zero-order chi connectivity index (χ0) is 14.8. The lowest BCUT2D eigenvalue weighted by atomic mass is 10.2. The highest BCUT2D eigenvalue weighted by atomic mass is 19.1. The molecule has 1 aromatic carbocycles. The standard InChI is InChI=1S/C13H7FN4O3/c14-8-3-4-10-9(6-8)13(17-7-16-10)21-11-2-1-5-15-12(11)18(19)20/h1-7H. The molecule has 0 radical (unpaired) electrons. The Hall–Kier alpha value is -3.16. The van der Waals surface area contributed by atoms with E-state index < -0.39 is 16.6 Å². The van der Waals surface area contributed by atoms with Gasteiger partial charge in [-0.25, -0.2) is 14.4 Å². The topological polar surface area (TPSA) is 91.0 Å². The lowest BCUT2D eigenvalue weighted by Gasteiger charge is -2.07. The van der Waals surface area contributed by atoms with Crippen molar-refractivity contribution in [2.24, 2.45) is 0 Å². The average molecular weight is 286 g/mol. The molecule has 7 nitrogen and oxygen atoms in total. The molecule has 3 rings (SSSR count). The van der Waals surface area contributed by atoms with Crippen molar-refractivity contribution < 1.29 is 14.1 Å². The number of hydrogen-bond acceptors (Lipinski definition) is 6.